The lowest BCUT2D eigenvalue weighted by Gasteiger charge is -2.23. The Labute approximate surface area is 156 Å². The van der Waals surface area contributed by atoms with Gasteiger partial charge in [-0.1, -0.05) is 25.4 Å². The molecule has 1 aliphatic heterocycles. The lowest BCUT2D eigenvalue weighted by molar-refractivity contribution is -0.384. The summed E-state index contributed by atoms with van der Waals surface area (Å²) in [5, 5.41) is 16.2. The van der Waals surface area contributed by atoms with Gasteiger partial charge in [0, 0.05) is 31.3 Å². The Bertz CT molecular complexity index is 691. The van der Waals surface area contributed by atoms with Crippen LogP contribution in [-0.4, -0.2) is 41.9 Å². The molecule has 2 unspecified atom stereocenters. The van der Waals surface area contributed by atoms with Gasteiger partial charge in [-0.05, 0) is 18.4 Å². The first kappa shape index (κ1) is 20.1. The van der Waals surface area contributed by atoms with E-state index in [-0.39, 0.29) is 34.1 Å². The van der Waals surface area contributed by atoms with Gasteiger partial charge in [-0.15, -0.1) is 0 Å². The smallest absolute Gasteiger partial charge is 0.270 e. The summed E-state index contributed by atoms with van der Waals surface area (Å²) in [6.45, 7) is 4.92. The van der Waals surface area contributed by atoms with Gasteiger partial charge in [0.05, 0.1) is 15.5 Å². The number of nitrogens with one attached hydrogen (secondary N) is 4. The van der Waals surface area contributed by atoms with E-state index in [0.29, 0.717) is 6.54 Å². The van der Waals surface area contributed by atoms with Crippen LogP contribution in [0.3, 0.4) is 0 Å². The first-order valence-corrected chi connectivity index (χ1v) is 8.68. The number of nitro benzene ring substituents is 1. The van der Waals surface area contributed by atoms with Gasteiger partial charge in [0.2, 0.25) is 5.91 Å². The van der Waals surface area contributed by atoms with E-state index >= 15 is 0 Å². The number of carbonyl (C=O) groups is 2. The van der Waals surface area contributed by atoms with Gasteiger partial charge >= 0.3 is 0 Å². The Balaban J connectivity index is 2.02. The highest BCUT2D eigenvalue weighted by molar-refractivity contribution is 6.34. The van der Waals surface area contributed by atoms with Crippen LogP contribution < -0.4 is 21.5 Å². The van der Waals surface area contributed by atoms with Gasteiger partial charge < -0.3 is 10.6 Å². The van der Waals surface area contributed by atoms with Crippen LogP contribution >= 0.6 is 11.6 Å². The third-order valence-electron chi connectivity index (χ3n) is 4.09. The summed E-state index contributed by atoms with van der Waals surface area (Å²) in [5.74, 6) is -0.995. The number of rotatable bonds is 7. The maximum absolute atomic E-state index is 12.5. The van der Waals surface area contributed by atoms with Crippen molar-refractivity contribution < 1.29 is 14.5 Å². The minimum absolute atomic E-state index is 0.0409. The Hall–Kier alpha value is -2.23. The Morgan fingerprint density at radius 2 is 2.15 bits per heavy atom. The maximum atomic E-state index is 12.5. The molecule has 2 atom stereocenters. The van der Waals surface area contributed by atoms with E-state index in [1.54, 1.807) is 0 Å². The normalized spacial score (nSPS) is 17.8. The second-order valence-electron chi connectivity index (χ2n) is 6.42. The van der Waals surface area contributed by atoms with Gasteiger partial charge in [0.25, 0.3) is 11.6 Å². The van der Waals surface area contributed by atoms with E-state index in [1.807, 2.05) is 13.8 Å². The first-order chi connectivity index (χ1) is 12.3. The average Bonchev–Trinajstić information content (AvgIpc) is 3.10. The fourth-order valence-electron chi connectivity index (χ4n) is 2.58. The van der Waals surface area contributed by atoms with Gasteiger partial charge in [-0.3, -0.25) is 30.6 Å². The number of benzene rings is 1. The molecule has 1 aromatic carbocycles. The topological polar surface area (TPSA) is 125 Å². The molecule has 0 radical (unpaired) electrons. The number of hydrogen-bond acceptors (Lipinski definition) is 6. The molecule has 142 valence electrons. The predicted molar refractivity (Wildman–Crippen MR) is 96.8 cm³/mol. The molecule has 1 fully saturated rings. The number of nitrogens with zero attached hydrogens (tertiary/aromatic N) is 1. The molecule has 2 amide bonds. The highest BCUT2D eigenvalue weighted by Crippen LogP contribution is 2.22. The molecule has 0 bridgehead atoms. The summed E-state index contributed by atoms with van der Waals surface area (Å²) >= 11 is 5.98. The van der Waals surface area contributed by atoms with Gasteiger partial charge in [-0.25, -0.2) is 0 Å². The van der Waals surface area contributed by atoms with Crippen molar-refractivity contribution in [1.82, 2.24) is 21.5 Å². The van der Waals surface area contributed by atoms with Crippen LogP contribution in [0, 0.1) is 16.0 Å². The van der Waals surface area contributed by atoms with E-state index < -0.39 is 16.9 Å². The standard InChI is InChI=1S/C16H22ClN5O4/c1-9(2)14(16(24)18-8-10-5-6-19-21-10)20-15(23)12-4-3-11(22(25)26)7-13(12)17/h3-4,7,9-10,14,19,21H,5-6,8H2,1-2H3,(H,18,24)(H,20,23). The molecule has 0 saturated carbocycles. The third kappa shape index (κ3) is 5.13. The summed E-state index contributed by atoms with van der Waals surface area (Å²) in [7, 11) is 0. The van der Waals surface area contributed by atoms with Crippen LogP contribution in [0.5, 0.6) is 0 Å². The molecule has 1 aromatic rings. The zero-order chi connectivity index (χ0) is 19.3. The first-order valence-electron chi connectivity index (χ1n) is 8.30. The summed E-state index contributed by atoms with van der Waals surface area (Å²) in [6.07, 6.45) is 0.900. The largest absolute Gasteiger partial charge is 0.353 e. The Morgan fingerprint density at radius 1 is 1.42 bits per heavy atom. The molecule has 1 heterocycles. The summed E-state index contributed by atoms with van der Waals surface area (Å²) in [4.78, 5) is 35.1. The second kappa shape index (κ2) is 8.93. The van der Waals surface area contributed by atoms with Crippen molar-refractivity contribution >= 4 is 29.1 Å². The molecule has 0 aromatic heterocycles. The van der Waals surface area contributed by atoms with E-state index in [1.165, 1.54) is 12.1 Å². The quantitative estimate of drug-likeness (QED) is 0.411. The van der Waals surface area contributed by atoms with E-state index in [0.717, 1.165) is 19.0 Å². The van der Waals surface area contributed by atoms with Crippen molar-refractivity contribution in [2.45, 2.75) is 32.4 Å². The second-order valence-corrected chi connectivity index (χ2v) is 6.83. The van der Waals surface area contributed by atoms with Crippen LogP contribution in [0.25, 0.3) is 0 Å². The summed E-state index contributed by atoms with van der Waals surface area (Å²) < 4.78 is 0. The number of carbonyl (C=O) groups excluding carboxylic acids is 2. The molecule has 1 aliphatic rings. The summed E-state index contributed by atoms with van der Waals surface area (Å²) in [6, 6.07) is 2.98. The van der Waals surface area contributed by atoms with Crippen molar-refractivity contribution in [2.75, 3.05) is 13.1 Å². The molecular formula is C16H22ClN5O4. The number of nitro groups is 1. The van der Waals surface area contributed by atoms with Gasteiger partial charge in [-0.2, -0.15) is 0 Å². The lowest BCUT2D eigenvalue weighted by Crippen LogP contribution is -2.52. The average molecular weight is 384 g/mol. The minimum Gasteiger partial charge on any atom is -0.353 e. The molecule has 0 aliphatic carbocycles. The maximum Gasteiger partial charge on any atom is 0.270 e. The Morgan fingerprint density at radius 3 is 2.69 bits per heavy atom. The zero-order valence-corrected chi connectivity index (χ0v) is 15.3. The zero-order valence-electron chi connectivity index (χ0n) is 14.5. The van der Waals surface area contributed by atoms with Crippen molar-refractivity contribution in [2.24, 2.45) is 5.92 Å². The molecule has 0 spiro atoms. The van der Waals surface area contributed by atoms with E-state index in [9.17, 15) is 19.7 Å². The molecule has 4 N–H and O–H groups in total. The van der Waals surface area contributed by atoms with Gasteiger partial charge in [0.15, 0.2) is 0 Å². The number of non-ortho nitro benzene ring substituents is 1. The van der Waals surface area contributed by atoms with Crippen molar-refractivity contribution in [3.05, 3.63) is 38.9 Å². The number of amides is 2. The molecule has 10 heteroatoms. The number of hydrogen-bond donors (Lipinski definition) is 4. The molecule has 26 heavy (non-hydrogen) atoms. The fourth-order valence-corrected chi connectivity index (χ4v) is 2.84. The molecule has 2 rings (SSSR count). The Kier molecular flexibility index (Phi) is 6.90. The third-order valence-corrected chi connectivity index (χ3v) is 4.40. The summed E-state index contributed by atoms with van der Waals surface area (Å²) in [5.41, 5.74) is 5.91. The van der Waals surface area contributed by atoms with Crippen LogP contribution in [0.4, 0.5) is 5.69 Å². The van der Waals surface area contributed by atoms with Crippen LogP contribution in [-0.2, 0) is 4.79 Å². The van der Waals surface area contributed by atoms with E-state index in [2.05, 4.69) is 21.5 Å². The molecule has 1 saturated heterocycles. The van der Waals surface area contributed by atoms with Crippen molar-refractivity contribution in [3.63, 3.8) is 0 Å². The molecular weight excluding hydrogens is 362 g/mol. The number of hydrazine groups is 1. The van der Waals surface area contributed by atoms with Gasteiger partial charge in [0.1, 0.15) is 6.04 Å². The minimum atomic E-state index is -0.747. The van der Waals surface area contributed by atoms with Crippen LogP contribution in [0.1, 0.15) is 30.6 Å². The SMILES string of the molecule is CC(C)C(NC(=O)c1ccc([N+](=O)[O-])cc1Cl)C(=O)NCC1CCNN1. The lowest BCUT2D eigenvalue weighted by atomic mass is 10.0. The highest BCUT2D eigenvalue weighted by atomic mass is 35.5. The van der Waals surface area contributed by atoms with Crippen molar-refractivity contribution in [3.8, 4) is 0 Å². The van der Waals surface area contributed by atoms with Crippen molar-refractivity contribution in [1.29, 1.82) is 0 Å². The fraction of sp³-hybridized carbons (Fsp3) is 0.500. The molecule has 9 nitrogen and oxygen atoms in total. The monoisotopic (exact) mass is 383 g/mol. The van der Waals surface area contributed by atoms with Crippen LogP contribution in [0.15, 0.2) is 18.2 Å². The number of halogens is 1. The van der Waals surface area contributed by atoms with Crippen LogP contribution in [0.2, 0.25) is 5.02 Å². The predicted octanol–water partition coefficient (Wildman–Crippen LogP) is 0.985. The highest BCUT2D eigenvalue weighted by Gasteiger charge is 2.26. The van der Waals surface area contributed by atoms with E-state index in [4.69, 9.17) is 11.6 Å².